The van der Waals surface area contributed by atoms with Gasteiger partial charge in [0.15, 0.2) is 0 Å². The van der Waals surface area contributed by atoms with Crippen LogP contribution in [-0.2, 0) is 13.6 Å². The van der Waals surface area contributed by atoms with Crippen molar-refractivity contribution in [1.29, 1.82) is 0 Å². The van der Waals surface area contributed by atoms with Gasteiger partial charge in [-0.15, -0.1) is 0 Å². The average molecular weight is 282 g/mol. The number of nitrogens with one attached hydrogen (secondary N) is 1. The molecule has 1 rings (SSSR count). The zero-order valence-electron chi connectivity index (χ0n) is 12.3. The Kier molecular flexibility index (Phi) is 8.26. The van der Waals surface area contributed by atoms with Crippen molar-refractivity contribution < 1.29 is 23.4 Å². The molecule has 1 fully saturated rings. The average Bonchev–Trinajstić information content (AvgIpc) is 2.46. The van der Waals surface area contributed by atoms with Gasteiger partial charge in [0.1, 0.15) is 6.17 Å². The predicted octanol–water partition coefficient (Wildman–Crippen LogP) is -0.291. The van der Waals surface area contributed by atoms with E-state index in [9.17, 15) is 9.46 Å². The SMILES string of the molecule is CC1C[NH+](C)C(C)N1C.CCOP(=O)([O-])OCC. The molecule has 1 aliphatic rings. The summed E-state index contributed by atoms with van der Waals surface area (Å²) in [4.78, 5) is 14.5. The minimum atomic E-state index is -3.94. The molecule has 110 valence electrons. The highest BCUT2D eigenvalue weighted by atomic mass is 31.2. The molecule has 0 amide bonds. The van der Waals surface area contributed by atoms with Crippen molar-refractivity contribution in [1.82, 2.24) is 4.90 Å². The van der Waals surface area contributed by atoms with Gasteiger partial charge in [-0.25, -0.2) is 4.90 Å². The molecule has 0 aliphatic carbocycles. The van der Waals surface area contributed by atoms with E-state index in [2.05, 4.69) is 41.9 Å². The van der Waals surface area contributed by atoms with Crippen molar-refractivity contribution in [3.63, 3.8) is 0 Å². The van der Waals surface area contributed by atoms with Crippen LogP contribution in [0.3, 0.4) is 0 Å². The van der Waals surface area contributed by atoms with Crippen molar-refractivity contribution in [3.8, 4) is 0 Å². The molecule has 3 unspecified atom stereocenters. The van der Waals surface area contributed by atoms with E-state index >= 15 is 0 Å². The second-order valence-corrected chi connectivity index (χ2v) is 5.93. The molecule has 18 heavy (non-hydrogen) atoms. The quantitative estimate of drug-likeness (QED) is 0.718. The Hall–Kier alpha value is 0.0300. The molecule has 1 saturated heterocycles. The number of quaternary nitrogens is 1. The lowest BCUT2D eigenvalue weighted by Crippen LogP contribution is -3.11. The summed E-state index contributed by atoms with van der Waals surface area (Å²) in [6, 6.07) is 0.764. The lowest BCUT2D eigenvalue weighted by atomic mass is 10.3. The number of phosphoric acid groups is 1. The van der Waals surface area contributed by atoms with Crippen molar-refractivity contribution >= 4 is 7.82 Å². The molecular formula is C11H27N2O4P. The third-order valence-electron chi connectivity index (χ3n) is 3.21. The van der Waals surface area contributed by atoms with Gasteiger partial charge in [0.05, 0.1) is 32.8 Å². The standard InChI is InChI=1S/C7H16N2.C4H11O4P/c1-6-5-8(3)7(2)9(6)4;1-3-7-9(5,6)8-4-2/h6-7H,5H2,1-4H3;3-4H2,1-2H3,(H,5,6). The van der Waals surface area contributed by atoms with Crippen LogP contribution in [0.5, 0.6) is 0 Å². The maximum atomic E-state index is 10.4. The Morgan fingerprint density at radius 1 is 1.33 bits per heavy atom. The molecule has 0 aromatic carbocycles. The fourth-order valence-electron chi connectivity index (χ4n) is 1.86. The summed E-state index contributed by atoms with van der Waals surface area (Å²) in [5, 5.41) is 0. The van der Waals surface area contributed by atoms with Crippen molar-refractivity contribution in [2.75, 3.05) is 33.9 Å². The molecule has 1 N–H and O–H groups in total. The molecule has 0 saturated carbocycles. The highest BCUT2D eigenvalue weighted by Crippen LogP contribution is 2.37. The molecule has 0 radical (unpaired) electrons. The smallest absolute Gasteiger partial charge is 0.267 e. The molecule has 0 bridgehead atoms. The highest BCUT2D eigenvalue weighted by molar-refractivity contribution is 7.45. The molecule has 1 heterocycles. The number of phosphoric ester groups is 1. The van der Waals surface area contributed by atoms with Crippen LogP contribution in [0, 0.1) is 0 Å². The van der Waals surface area contributed by atoms with Crippen LogP contribution in [-0.4, -0.2) is 51.0 Å². The van der Waals surface area contributed by atoms with Gasteiger partial charge in [-0.1, -0.05) is 0 Å². The summed E-state index contributed by atoms with van der Waals surface area (Å²) in [7, 11) is 0.512. The first kappa shape index (κ1) is 18.0. The van der Waals surface area contributed by atoms with Crippen LogP contribution in [0.4, 0.5) is 0 Å². The Morgan fingerprint density at radius 2 is 1.78 bits per heavy atom. The number of nitrogens with zero attached hydrogens (tertiary/aromatic N) is 1. The fraction of sp³-hybridized carbons (Fsp3) is 1.00. The van der Waals surface area contributed by atoms with Gasteiger partial charge >= 0.3 is 0 Å². The summed E-state index contributed by atoms with van der Waals surface area (Å²) >= 11 is 0. The zero-order valence-corrected chi connectivity index (χ0v) is 13.2. The third kappa shape index (κ3) is 6.27. The number of hydrogen-bond acceptors (Lipinski definition) is 5. The topological polar surface area (TPSA) is 66.3 Å². The van der Waals surface area contributed by atoms with Gasteiger partial charge in [0, 0.05) is 6.92 Å². The zero-order chi connectivity index (χ0) is 14.3. The second-order valence-electron chi connectivity index (χ2n) is 4.52. The normalized spacial score (nSPS) is 28.9. The van der Waals surface area contributed by atoms with E-state index in [1.54, 1.807) is 18.7 Å². The van der Waals surface area contributed by atoms with E-state index in [0.29, 0.717) is 6.17 Å². The molecule has 1 aliphatic heterocycles. The molecule has 3 atom stereocenters. The minimum Gasteiger partial charge on any atom is -0.756 e. The number of likely N-dealkylation sites (N-methyl/N-ethyl adjacent to an activating group) is 2. The van der Waals surface area contributed by atoms with Gasteiger partial charge in [-0.05, 0) is 27.8 Å². The minimum absolute atomic E-state index is 0.126. The summed E-state index contributed by atoms with van der Waals surface area (Å²) < 4.78 is 18.9. The van der Waals surface area contributed by atoms with E-state index < -0.39 is 7.82 Å². The molecule has 0 spiro atoms. The fourth-order valence-corrected chi connectivity index (χ4v) is 2.57. The summed E-state index contributed by atoms with van der Waals surface area (Å²) in [5.41, 5.74) is 0. The first-order valence-electron chi connectivity index (χ1n) is 6.39. The predicted molar refractivity (Wildman–Crippen MR) is 69.3 cm³/mol. The van der Waals surface area contributed by atoms with Gasteiger partial charge in [0.25, 0.3) is 7.82 Å². The van der Waals surface area contributed by atoms with Gasteiger partial charge in [-0.3, -0.25) is 4.57 Å². The van der Waals surface area contributed by atoms with Crippen LogP contribution < -0.4 is 9.79 Å². The Labute approximate surface area is 110 Å². The molecule has 6 nitrogen and oxygen atoms in total. The van der Waals surface area contributed by atoms with E-state index in [4.69, 9.17) is 0 Å². The van der Waals surface area contributed by atoms with Crippen LogP contribution >= 0.6 is 7.82 Å². The summed E-state index contributed by atoms with van der Waals surface area (Å²) in [6.07, 6.45) is 0.708. The summed E-state index contributed by atoms with van der Waals surface area (Å²) in [6.45, 7) is 9.28. The van der Waals surface area contributed by atoms with Crippen molar-refractivity contribution in [2.24, 2.45) is 0 Å². The van der Waals surface area contributed by atoms with Crippen LogP contribution in [0.2, 0.25) is 0 Å². The first-order chi connectivity index (χ1) is 8.25. The number of rotatable bonds is 4. The maximum Gasteiger partial charge on any atom is 0.267 e. The van der Waals surface area contributed by atoms with Crippen LogP contribution in [0.25, 0.3) is 0 Å². The van der Waals surface area contributed by atoms with Crippen LogP contribution in [0.15, 0.2) is 0 Å². The van der Waals surface area contributed by atoms with Gasteiger partial charge < -0.3 is 18.8 Å². The van der Waals surface area contributed by atoms with Crippen molar-refractivity contribution in [3.05, 3.63) is 0 Å². The largest absolute Gasteiger partial charge is 0.756 e. The van der Waals surface area contributed by atoms with Gasteiger partial charge in [0.2, 0.25) is 0 Å². The highest BCUT2D eigenvalue weighted by Gasteiger charge is 2.31. The molecule has 0 aromatic rings. The monoisotopic (exact) mass is 282 g/mol. The second kappa shape index (κ2) is 8.25. The Morgan fingerprint density at radius 3 is 1.94 bits per heavy atom. The van der Waals surface area contributed by atoms with E-state index in [0.717, 1.165) is 6.04 Å². The van der Waals surface area contributed by atoms with E-state index in [1.807, 2.05) is 0 Å². The first-order valence-corrected chi connectivity index (χ1v) is 7.85. The Bertz CT molecular complexity index is 256. The third-order valence-corrected chi connectivity index (χ3v) is 4.36. The Balaban J connectivity index is 0.000000321. The van der Waals surface area contributed by atoms with Crippen LogP contribution in [0.1, 0.15) is 27.7 Å². The molecule has 0 aromatic heterocycles. The van der Waals surface area contributed by atoms with E-state index in [-0.39, 0.29) is 13.2 Å². The van der Waals surface area contributed by atoms with Gasteiger partial charge in [-0.2, -0.15) is 0 Å². The molecular weight excluding hydrogens is 255 g/mol. The summed E-state index contributed by atoms with van der Waals surface area (Å²) in [5.74, 6) is 0. The lowest BCUT2D eigenvalue weighted by Gasteiger charge is -2.20. The lowest BCUT2D eigenvalue weighted by molar-refractivity contribution is -0.896. The van der Waals surface area contributed by atoms with E-state index in [1.165, 1.54) is 6.54 Å². The number of hydrogen-bond donors (Lipinski definition) is 1. The maximum absolute atomic E-state index is 10.4. The van der Waals surface area contributed by atoms with Crippen molar-refractivity contribution in [2.45, 2.75) is 39.9 Å². The molecule has 7 heteroatoms.